The molecule has 7 nitrogen and oxygen atoms in total. The highest BCUT2D eigenvalue weighted by Gasteiger charge is 2.39. The Labute approximate surface area is 96.7 Å². The second-order valence-corrected chi connectivity index (χ2v) is 5.12. The molecule has 2 aliphatic heterocycles. The Bertz CT molecular complexity index is 324. The van der Waals surface area contributed by atoms with E-state index in [0.717, 1.165) is 0 Å². The molecule has 1 saturated heterocycles. The van der Waals surface area contributed by atoms with Gasteiger partial charge in [0.15, 0.2) is 5.96 Å². The van der Waals surface area contributed by atoms with Crippen molar-refractivity contribution in [3.8, 4) is 0 Å². The minimum atomic E-state index is -0.587. The van der Waals surface area contributed by atoms with Crippen LogP contribution in [0, 0.1) is 0 Å². The van der Waals surface area contributed by atoms with Gasteiger partial charge in [-0.25, -0.2) is 9.79 Å². The van der Waals surface area contributed by atoms with Gasteiger partial charge in [-0.2, -0.15) is 0 Å². The third-order valence-electron chi connectivity index (χ3n) is 2.62. The molecule has 2 rings (SSSR count). The van der Waals surface area contributed by atoms with E-state index in [1.165, 1.54) is 16.7 Å². The number of carbonyl (C=O) groups excluding carboxylic acids is 1. The predicted molar refractivity (Wildman–Crippen MR) is 59.7 cm³/mol. The van der Waals surface area contributed by atoms with Crippen molar-refractivity contribution in [2.24, 2.45) is 10.7 Å². The van der Waals surface area contributed by atoms with Crippen LogP contribution in [0.3, 0.4) is 0 Å². The number of nitrogens with one attached hydrogen (secondary N) is 1. The van der Waals surface area contributed by atoms with Gasteiger partial charge in [-0.05, 0) is 0 Å². The van der Waals surface area contributed by atoms with Crippen molar-refractivity contribution < 1.29 is 15.0 Å². The lowest BCUT2D eigenvalue weighted by molar-refractivity contribution is 0.127. The van der Waals surface area contributed by atoms with Crippen molar-refractivity contribution >= 4 is 23.8 Å². The first-order chi connectivity index (χ1) is 7.61. The van der Waals surface area contributed by atoms with Crippen LogP contribution in [-0.2, 0) is 0 Å². The van der Waals surface area contributed by atoms with Crippen molar-refractivity contribution in [2.45, 2.75) is 23.1 Å². The number of hydrogen-bond acceptors (Lipinski definition) is 6. The summed E-state index contributed by atoms with van der Waals surface area (Å²) >= 11 is 1.39. The van der Waals surface area contributed by atoms with E-state index in [4.69, 9.17) is 10.8 Å². The molecule has 0 aliphatic carbocycles. The standard InChI is InChI=1S/C8H14N4O3S/c9-7-10-3-12(8(15)11-7)6-1-4(14)5(2-13)16-6/h4-6,13-14H,1-3H2,(H3,9,10,11,15)/t4-,5+,6-/m0/s1. The van der Waals surface area contributed by atoms with Gasteiger partial charge in [0.05, 0.1) is 23.3 Å². The average molecular weight is 246 g/mol. The fourth-order valence-corrected chi connectivity index (χ4v) is 3.13. The number of hydrogen-bond donors (Lipinski definition) is 4. The summed E-state index contributed by atoms with van der Waals surface area (Å²) in [6.45, 7) is 0.101. The first kappa shape index (κ1) is 11.5. The van der Waals surface area contributed by atoms with Crippen molar-refractivity contribution in [2.75, 3.05) is 13.3 Å². The minimum Gasteiger partial charge on any atom is -0.395 e. The van der Waals surface area contributed by atoms with Crippen LogP contribution in [0.4, 0.5) is 4.79 Å². The van der Waals surface area contributed by atoms with E-state index in [2.05, 4.69) is 10.3 Å². The molecule has 0 unspecified atom stereocenters. The Kier molecular flexibility index (Phi) is 3.22. The smallest absolute Gasteiger partial charge is 0.326 e. The number of aliphatic hydroxyl groups is 2. The van der Waals surface area contributed by atoms with Crippen LogP contribution in [-0.4, -0.2) is 57.1 Å². The van der Waals surface area contributed by atoms with E-state index in [9.17, 15) is 9.90 Å². The topological polar surface area (TPSA) is 111 Å². The number of aliphatic imine (C=N–C) groups is 1. The third kappa shape index (κ3) is 2.08. The van der Waals surface area contributed by atoms with E-state index in [-0.39, 0.29) is 35.9 Å². The van der Waals surface area contributed by atoms with Crippen LogP contribution < -0.4 is 11.1 Å². The molecular formula is C8H14N4O3S. The lowest BCUT2D eigenvalue weighted by Crippen LogP contribution is -2.53. The predicted octanol–water partition coefficient (Wildman–Crippen LogP) is -1.53. The Morgan fingerprint density at radius 2 is 2.44 bits per heavy atom. The summed E-state index contributed by atoms with van der Waals surface area (Å²) in [5.41, 5.74) is 5.36. The number of carbonyl (C=O) groups is 1. The number of urea groups is 1. The first-order valence-corrected chi connectivity index (χ1v) is 5.88. The van der Waals surface area contributed by atoms with E-state index in [1.807, 2.05) is 0 Å². The summed E-state index contributed by atoms with van der Waals surface area (Å²) in [5, 5.41) is 20.7. The molecule has 2 heterocycles. The van der Waals surface area contributed by atoms with Crippen molar-refractivity contribution in [3.63, 3.8) is 0 Å². The number of nitrogens with zero attached hydrogens (tertiary/aromatic N) is 2. The SMILES string of the molecule is NC1=NCN([C@@H]2C[C@H](O)[C@@H](CO)S2)C(=O)N1. The number of rotatable bonds is 2. The van der Waals surface area contributed by atoms with Crippen molar-refractivity contribution in [1.29, 1.82) is 0 Å². The van der Waals surface area contributed by atoms with Gasteiger partial charge in [0, 0.05) is 6.42 Å². The summed E-state index contributed by atoms with van der Waals surface area (Å²) in [6.07, 6.45) is -0.144. The molecule has 0 radical (unpaired) electrons. The summed E-state index contributed by atoms with van der Waals surface area (Å²) in [4.78, 5) is 17.0. The molecule has 16 heavy (non-hydrogen) atoms. The summed E-state index contributed by atoms with van der Waals surface area (Å²) in [6, 6.07) is -0.309. The lowest BCUT2D eigenvalue weighted by Gasteiger charge is -2.29. The van der Waals surface area contributed by atoms with Crippen LogP contribution in [0.1, 0.15) is 6.42 Å². The fourth-order valence-electron chi connectivity index (χ4n) is 1.73. The van der Waals surface area contributed by atoms with Gasteiger partial charge < -0.3 is 15.9 Å². The quantitative estimate of drug-likeness (QED) is 0.472. The molecule has 3 atom stereocenters. The fraction of sp³-hybridized carbons (Fsp3) is 0.750. The molecule has 8 heteroatoms. The number of thioether (sulfide) groups is 1. The Hall–Kier alpha value is -0.990. The van der Waals surface area contributed by atoms with Gasteiger partial charge in [-0.1, -0.05) is 0 Å². The molecule has 90 valence electrons. The van der Waals surface area contributed by atoms with Gasteiger partial charge in [-0.15, -0.1) is 11.8 Å². The first-order valence-electron chi connectivity index (χ1n) is 4.93. The lowest BCUT2D eigenvalue weighted by atomic mass is 10.2. The van der Waals surface area contributed by atoms with Crippen LogP contribution in [0.15, 0.2) is 4.99 Å². The minimum absolute atomic E-state index is 0.0940. The molecule has 0 bridgehead atoms. The van der Waals surface area contributed by atoms with E-state index in [0.29, 0.717) is 6.42 Å². The summed E-state index contributed by atoms with van der Waals surface area (Å²) in [7, 11) is 0. The summed E-state index contributed by atoms with van der Waals surface area (Å²) < 4.78 is 0. The molecular weight excluding hydrogens is 232 g/mol. The second kappa shape index (κ2) is 4.48. The molecule has 0 spiro atoms. The van der Waals surface area contributed by atoms with Gasteiger partial charge in [0.2, 0.25) is 0 Å². The Balaban J connectivity index is 2.02. The zero-order valence-corrected chi connectivity index (χ0v) is 9.35. The van der Waals surface area contributed by atoms with Gasteiger partial charge >= 0.3 is 6.03 Å². The van der Waals surface area contributed by atoms with Crippen LogP contribution in [0.25, 0.3) is 0 Å². The van der Waals surface area contributed by atoms with Gasteiger partial charge in [-0.3, -0.25) is 10.2 Å². The van der Waals surface area contributed by atoms with E-state index in [1.54, 1.807) is 0 Å². The maximum Gasteiger partial charge on any atom is 0.326 e. The van der Waals surface area contributed by atoms with Crippen molar-refractivity contribution in [3.05, 3.63) is 0 Å². The molecule has 0 aromatic heterocycles. The van der Waals surface area contributed by atoms with Crippen LogP contribution >= 0.6 is 11.8 Å². The van der Waals surface area contributed by atoms with Crippen LogP contribution in [0.5, 0.6) is 0 Å². The van der Waals surface area contributed by atoms with Gasteiger partial charge in [0.25, 0.3) is 0 Å². The maximum atomic E-state index is 11.6. The Morgan fingerprint density at radius 3 is 3.00 bits per heavy atom. The van der Waals surface area contributed by atoms with E-state index >= 15 is 0 Å². The Morgan fingerprint density at radius 1 is 1.69 bits per heavy atom. The monoisotopic (exact) mass is 246 g/mol. The largest absolute Gasteiger partial charge is 0.395 e. The highest BCUT2D eigenvalue weighted by atomic mass is 32.2. The zero-order valence-electron chi connectivity index (χ0n) is 8.54. The molecule has 2 aliphatic rings. The van der Waals surface area contributed by atoms with Crippen LogP contribution in [0.2, 0.25) is 0 Å². The number of amides is 2. The molecule has 5 N–H and O–H groups in total. The maximum absolute atomic E-state index is 11.6. The number of aliphatic hydroxyl groups excluding tert-OH is 2. The van der Waals surface area contributed by atoms with Gasteiger partial charge in [0.1, 0.15) is 6.67 Å². The normalized spacial score (nSPS) is 34.9. The van der Waals surface area contributed by atoms with Crippen molar-refractivity contribution in [1.82, 2.24) is 10.2 Å². The van der Waals surface area contributed by atoms with E-state index < -0.39 is 6.10 Å². The number of nitrogens with two attached hydrogens (primary N) is 1. The molecule has 0 saturated carbocycles. The molecule has 2 amide bonds. The summed E-state index contributed by atoms with van der Waals surface area (Å²) in [5.74, 6) is 0.114. The number of guanidine groups is 1. The zero-order chi connectivity index (χ0) is 11.7. The highest BCUT2D eigenvalue weighted by Crippen LogP contribution is 2.36. The molecule has 0 aromatic carbocycles. The second-order valence-electron chi connectivity index (χ2n) is 3.70. The highest BCUT2D eigenvalue weighted by molar-refractivity contribution is 8.00. The molecule has 0 aromatic rings. The average Bonchev–Trinajstić information content (AvgIpc) is 2.59. The third-order valence-corrected chi connectivity index (χ3v) is 4.19. The molecule has 1 fully saturated rings.